The molecule has 0 amide bonds. The molecule has 0 saturated carbocycles. The molecule has 3 rings (SSSR count). The van der Waals surface area contributed by atoms with Gasteiger partial charge in [-0.3, -0.25) is 0 Å². The van der Waals surface area contributed by atoms with Crippen LogP contribution in [0.4, 0.5) is 11.9 Å². The average molecular weight is 289 g/mol. The Bertz CT molecular complexity index is 582. The zero-order valence-electron chi connectivity index (χ0n) is 12.2. The molecule has 0 spiro atoms. The summed E-state index contributed by atoms with van der Waals surface area (Å²) < 4.78 is 1.51. The Morgan fingerprint density at radius 1 is 1.29 bits per heavy atom. The van der Waals surface area contributed by atoms with Gasteiger partial charge in [-0.05, 0) is 25.9 Å². The summed E-state index contributed by atoms with van der Waals surface area (Å²) in [6, 6.07) is 0. The summed E-state index contributed by atoms with van der Waals surface area (Å²) in [5.74, 6) is 2.12. The van der Waals surface area contributed by atoms with Crippen molar-refractivity contribution < 1.29 is 0 Å². The zero-order chi connectivity index (χ0) is 14.7. The molecular formula is C12H19N9. The van der Waals surface area contributed by atoms with E-state index in [9.17, 15) is 0 Å². The maximum absolute atomic E-state index is 4.38. The molecule has 9 heteroatoms. The Labute approximate surface area is 122 Å². The fourth-order valence-electron chi connectivity index (χ4n) is 2.40. The first-order valence-corrected chi connectivity index (χ1v) is 6.96. The van der Waals surface area contributed by atoms with Gasteiger partial charge in [-0.15, -0.1) is 0 Å². The second-order valence-electron chi connectivity index (χ2n) is 5.17. The van der Waals surface area contributed by atoms with E-state index in [1.807, 2.05) is 0 Å². The lowest BCUT2D eigenvalue weighted by Gasteiger charge is -2.12. The summed E-state index contributed by atoms with van der Waals surface area (Å²) >= 11 is 0. The average Bonchev–Trinajstić information content (AvgIpc) is 3.16. The van der Waals surface area contributed by atoms with E-state index >= 15 is 0 Å². The molecule has 1 unspecified atom stereocenters. The Morgan fingerprint density at radius 2 is 2.14 bits per heavy atom. The van der Waals surface area contributed by atoms with Gasteiger partial charge in [0, 0.05) is 20.1 Å². The van der Waals surface area contributed by atoms with Crippen LogP contribution in [0.25, 0.3) is 5.95 Å². The molecule has 1 saturated heterocycles. The molecule has 2 aromatic rings. The van der Waals surface area contributed by atoms with Crippen molar-refractivity contribution in [3.05, 3.63) is 12.7 Å². The van der Waals surface area contributed by atoms with Gasteiger partial charge in [0.15, 0.2) is 0 Å². The number of nitrogens with zero attached hydrogens (tertiary/aromatic N) is 7. The van der Waals surface area contributed by atoms with Crippen molar-refractivity contribution in [2.24, 2.45) is 5.92 Å². The number of likely N-dealkylation sites (tertiary alicyclic amines) is 1. The standard InChI is InChI=1S/C12H19N9/c1-13-10-17-11(15-5-9-3-4-20(2)6-9)19-12(18-10)21-8-14-7-16-21/h7-9H,3-6H2,1-2H3,(H2,13,15,17,18,19). The molecule has 1 aliphatic rings. The van der Waals surface area contributed by atoms with Crippen molar-refractivity contribution in [2.45, 2.75) is 6.42 Å². The van der Waals surface area contributed by atoms with Crippen LogP contribution in [0.2, 0.25) is 0 Å². The Kier molecular flexibility index (Phi) is 3.91. The molecule has 9 nitrogen and oxygen atoms in total. The fourth-order valence-corrected chi connectivity index (χ4v) is 2.40. The molecule has 2 aromatic heterocycles. The summed E-state index contributed by atoms with van der Waals surface area (Å²) in [6.07, 6.45) is 4.21. The van der Waals surface area contributed by atoms with E-state index in [4.69, 9.17) is 0 Å². The predicted molar refractivity (Wildman–Crippen MR) is 78.4 cm³/mol. The van der Waals surface area contributed by atoms with Crippen molar-refractivity contribution in [3.63, 3.8) is 0 Å². The van der Waals surface area contributed by atoms with Gasteiger partial charge in [-0.2, -0.15) is 24.7 Å². The van der Waals surface area contributed by atoms with E-state index in [1.54, 1.807) is 13.4 Å². The number of anilines is 2. The van der Waals surface area contributed by atoms with Crippen molar-refractivity contribution in [3.8, 4) is 5.95 Å². The first-order valence-electron chi connectivity index (χ1n) is 6.96. The molecule has 1 aliphatic heterocycles. The largest absolute Gasteiger partial charge is 0.357 e. The first kappa shape index (κ1) is 13.7. The summed E-state index contributed by atoms with van der Waals surface area (Å²) in [5.41, 5.74) is 0. The number of nitrogens with one attached hydrogen (secondary N) is 2. The van der Waals surface area contributed by atoms with Crippen LogP contribution in [0.15, 0.2) is 12.7 Å². The van der Waals surface area contributed by atoms with Gasteiger partial charge in [0.2, 0.25) is 11.9 Å². The van der Waals surface area contributed by atoms with E-state index in [0.29, 0.717) is 23.8 Å². The summed E-state index contributed by atoms with van der Waals surface area (Å²) in [5, 5.41) is 10.3. The van der Waals surface area contributed by atoms with Gasteiger partial charge < -0.3 is 15.5 Å². The van der Waals surface area contributed by atoms with E-state index in [0.717, 1.165) is 19.6 Å². The van der Waals surface area contributed by atoms with Gasteiger partial charge in [0.25, 0.3) is 5.95 Å². The third-order valence-corrected chi connectivity index (χ3v) is 3.51. The third kappa shape index (κ3) is 3.24. The third-order valence-electron chi connectivity index (χ3n) is 3.51. The summed E-state index contributed by atoms with van der Waals surface area (Å²) in [7, 11) is 3.92. The van der Waals surface area contributed by atoms with Gasteiger partial charge in [0.1, 0.15) is 12.7 Å². The molecule has 21 heavy (non-hydrogen) atoms. The Hall–Kier alpha value is -2.29. The van der Waals surface area contributed by atoms with Crippen molar-refractivity contribution in [2.75, 3.05) is 44.4 Å². The summed E-state index contributed by atoms with van der Waals surface area (Å²) in [4.78, 5) is 19.2. The lowest BCUT2D eigenvalue weighted by molar-refractivity contribution is 0.399. The van der Waals surface area contributed by atoms with Crippen LogP contribution < -0.4 is 10.6 Å². The minimum absolute atomic E-state index is 0.442. The maximum Gasteiger partial charge on any atom is 0.258 e. The molecule has 1 atom stereocenters. The minimum Gasteiger partial charge on any atom is -0.357 e. The number of hydrogen-bond acceptors (Lipinski definition) is 8. The lowest BCUT2D eigenvalue weighted by atomic mass is 10.1. The molecule has 0 radical (unpaired) electrons. The van der Waals surface area contributed by atoms with Crippen LogP contribution in [-0.4, -0.2) is 68.3 Å². The summed E-state index contributed by atoms with van der Waals surface area (Å²) in [6.45, 7) is 3.11. The molecular weight excluding hydrogens is 270 g/mol. The molecule has 0 aliphatic carbocycles. The molecule has 2 N–H and O–H groups in total. The van der Waals surface area contributed by atoms with Crippen LogP contribution in [0.3, 0.4) is 0 Å². The molecule has 112 valence electrons. The van der Waals surface area contributed by atoms with E-state index in [-0.39, 0.29) is 0 Å². The Morgan fingerprint density at radius 3 is 2.81 bits per heavy atom. The number of hydrogen-bond donors (Lipinski definition) is 2. The van der Waals surface area contributed by atoms with Crippen LogP contribution in [-0.2, 0) is 0 Å². The van der Waals surface area contributed by atoms with Crippen LogP contribution in [0, 0.1) is 5.92 Å². The normalized spacial score (nSPS) is 18.9. The molecule has 0 aromatic carbocycles. The molecule has 3 heterocycles. The fraction of sp³-hybridized carbons (Fsp3) is 0.583. The van der Waals surface area contributed by atoms with Gasteiger partial charge in [-0.1, -0.05) is 0 Å². The molecule has 1 fully saturated rings. The van der Waals surface area contributed by atoms with Crippen LogP contribution >= 0.6 is 0 Å². The quantitative estimate of drug-likeness (QED) is 0.785. The highest BCUT2D eigenvalue weighted by Gasteiger charge is 2.19. The monoisotopic (exact) mass is 289 g/mol. The van der Waals surface area contributed by atoms with Gasteiger partial charge in [0.05, 0.1) is 0 Å². The highest BCUT2D eigenvalue weighted by Crippen LogP contribution is 2.15. The predicted octanol–water partition coefficient (Wildman–Crippen LogP) is -0.142. The first-order chi connectivity index (χ1) is 10.2. The van der Waals surface area contributed by atoms with Gasteiger partial charge >= 0.3 is 0 Å². The second-order valence-corrected chi connectivity index (χ2v) is 5.17. The number of rotatable bonds is 5. The van der Waals surface area contributed by atoms with Crippen molar-refractivity contribution in [1.82, 2.24) is 34.6 Å². The zero-order valence-corrected chi connectivity index (χ0v) is 12.2. The van der Waals surface area contributed by atoms with Gasteiger partial charge in [-0.25, -0.2) is 4.98 Å². The second kappa shape index (κ2) is 6.00. The Balaban J connectivity index is 1.73. The van der Waals surface area contributed by atoms with E-state index < -0.39 is 0 Å². The number of aromatic nitrogens is 6. The molecule has 0 bridgehead atoms. The van der Waals surface area contributed by atoms with Crippen molar-refractivity contribution >= 4 is 11.9 Å². The van der Waals surface area contributed by atoms with E-state index in [2.05, 4.69) is 47.6 Å². The van der Waals surface area contributed by atoms with Crippen LogP contribution in [0.5, 0.6) is 0 Å². The maximum atomic E-state index is 4.38. The topological polar surface area (TPSA) is 96.7 Å². The highest BCUT2D eigenvalue weighted by atomic mass is 15.4. The highest BCUT2D eigenvalue weighted by molar-refractivity contribution is 5.37. The minimum atomic E-state index is 0.442. The smallest absolute Gasteiger partial charge is 0.258 e. The SMILES string of the molecule is CNc1nc(NCC2CCN(C)C2)nc(-n2cncn2)n1. The van der Waals surface area contributed by atoms with Crippen molar-refractivity contribution in [1.29, 1.82) is 0 Å². The van der Waals surface area contributed by atoms with E-state index in [1.165, 1.54) is 17.4 Å². The van der Waals surface area contributed by atoms with Crippen LogP contribution in [0.1, 0.15) is 6.42 Å². The lowest BCUT2D eigenvalue weighted by Crippen LogP contribution is -2.20.